The van der Waals surface area contributed by atoms with Crippen molar-refractivity contribution in [2.45, 2.75) is 25.8 Å². The fraction of sp³-hybridized carbons (Fsp3) is 0.455. The SMILES string of the molecule is CC(C)c1ccc2c(c1)[C@@H](N)CO2. The van der Waals surface area contributed by atoms with E-state index in [-0.39, 0.29) is 6.04 Å². The van der Waals surface area contributed by atoms with Gasteiger partial charge in [-0.3, -0.25) is 0 Å². The van der Waals surface area contributed by atoms with Crippen LogP contribution >= 0.6 is 0 Å². The minimum Gasteiger partial charge on any atom is -0.491 e. The van der Waals surface area contributed by atoms with Crippen molar-refractivity contribution in [3.63, 3.8) is 0 Å². The lowest BCUT2D eigenvalue weighted by molar-refractivity contribution is 0.333. The summed E-state index contributed by atoms with van der Waals surface area (Å²) in [7, 11) is 0. The fourth-order valence-electron chi connectivity index (χ4n) is 1.62. The summed E-state index contributed by atoms with van der Waals surface area (Å²) in [6.07, 6.45) is 0. The molecule has 0 radical (unpaired) electrons. The summed E-state index contributed by atoms with van der Waals surface area (Å²) in [5.74, 6) is 1.51. The molecule has 70 valence electrons. The van der Waals surface area contributed by atoms with Crippen LogP contribution in [0.3, 0.4) is 0 Å². The summed E-state index contributed by atoms with van der Waals surface area (Å²) in [6.45, 7) is 4.99. The lowest BCUT2D eigenvalue weighted by atomic mass is 9.98. The van der Waals surface area contributed by atoms with E-state index in [4.69, 9.17) is 10.5 Å². The average Bonchev–Trinajstić information content (AvgIpc) is 2.47. The predicted octanol–water partition coefficient (Wildman–Crippen LogP) is 2.20. The van der Waals surface area contributed by atoms with Crippen LogP contribution < -0.4 is 10.5 Å². The highest BCUT2D eigenvalue weighted by atomic mass is 16.5. The number of hydrogen-bond donors (Lipinski definition) is 1. The van der Waals surface area contributed by atoms with Gasteiger partial charge in [-0.25, -0.2) is 0 Å². The molecule has 1 aromatic carbocycles. The molecule has 2 nitrogen and oxygen atoms in total. The molecule has 1 heterocycles. The van der Waals surface area contributed by atoms with Crippen molar-refractivity contribution in [1.29, 1.82) is 0 Å². The van der Waals surface area contributed by atoms with E-state index in [1.54, 1.807) is 0 Å². The summed E-state index contributed by atoms with van der Waals surface area (Å²) >= 11 is 0. The van der Waals surface area contributed by atoms with Gasteiger partial charge in [0.2, 0.25) is 0 Å². The predicted molar refractivity (Wildman–Crippen MR) is 53.0 cm³/mol. The van der Waals surface area contributed by atoms with Crippen molar-refractivity contribution >= 4 is 0 Å². The molecule has 0 bridgehead atoms. The first-order valence-electron chi connectivity index (χ1n) is 4.70. The molecule has 1 aromatic rings. The molecule has 0 spiro atoms. The lowest BCUT2D eigenvalue weighted by Crippen LogP contribution is -2.10. The van der Waals surface area contributed by atoms with Crippen LogP contribution in [0.5, 0.6) is 5.75 Å². The number of nitrogens with two attached hydrogens (primary N) is 1. The number of rotatable bonds is 1. The first-order chi connectivity index (χ1) is 6.18. The zero-order valence-corrected chi connectivity index (χ0v) is 8.08. The van der Waals surface area contributed by atoms with Crippen LogP contribution in [0.25, 0.3) is 0 Å². The topological polar surface area (TPSA) is 35.2 Å². The maximum atomic E-state index is 5.89. The molecule has 0 aliphatic carbocycles. The van der Waals surface area contributed by atoms with Crippen molar-refractivity contribution in [3.8, 4) is 5.75 Å². The number of hydrogen-bond acceptors (Lipinski definition) is 2. The van der Waals surface area contributed by atoms with Gasteiger partial charge in [-0.15, -0.1) is 0 Å². The summed E-state index contributed by atoms with van der Waals surface area (Å²) in [5.41, 5.74) is 8.38. The third-order valence-corrected chi connectivity index (χ3v) is 2.52. The van der Waals surface area contributed by atoms with Crippen molar-refractivity contribution in [1.82, 2.24) is 0 Å². The Bertz CT molecular complexity index is 320. The van der Waals surface area contributed by atoms with E-state index in [1.807, 2.05) is 6.07 Å². The minimum atomic E-state index is 0.0636. The summed E-state index contributed by atoms with van der Waals surface area (Å²) in [4.78, 5) is 0. The third-order valence-electron chi connectivity index (χ3n) is 2.52. The molecule has 2 rings (SSSR count). The van der Waals surface area contributed by atoms with Gasteiger partial charge in [-0.2, -0.15) is 0 Å². The number of ether oxygens (including phenoxy) is 1. The zero-order valence-electron chi connectivity index (χ0n) is 8.08. The Morgan fingerprint density at radius 3 is 2.92 bits per heavy atom. The molecule has 2 N–H and O–H groups in total. The Hall–Kier alpha value is -1.02. The van der Waals surface area contributed by atoms with Crippen LogP contribution in [-0.2, 0) is 0 Å². The molecular formula is C11H15NO. The molecule has 1 atom stereocenters. The standard InChI is InChI=1S/C11H15NO/c1-7(2)8-3-4-11-9(5-8)10(12)6-13-11/h3-5,7,10H,6,12H2,1-2H3/t10-/m0/s1. The smallest absolute Gasteiger partial charge is 0.124 e. The Morgan fingerprint density at radius 2 is 2.23 bits per heavy atom. The van der Waals surface area contributed by atoms with Crippen LogP contribution in [-0.4, -0.2) is 6.61 Å². The van der Waals surface area contributed by atoms with Gasteiger partial charge in [0.25, 0.3) is 0 Å². The van der Waals surface area contributed by atoms with Gasteiger partial charge >= 0.3 is 0 Å². The maximum absolute atomic E-state index is 5.89. The van der Waals surface area contributed by atoms with Crippen molar-refractivity contribution < 1.29 is 4.74 Å². The van der Waals surface area contributed by atoms with Gasteiger partial charge in [-0.05, 0) is 17.5 Å². The zero-order chi connectivity index (χ0) is 9.42. The molecule has 1 aliphatic rings. The summed E-state index contributed by atoms with van der Waals surface area (Å²) in [6, 6.07) is 6.37. The molecule has 2 heteroatoms. The molecule has 0 fully saturated rings. The highest BCUT2D eigenvalue weighted by molar-refractivity contribution is 5.42. The fourth-order valence-corrected chi connectivity index (χ4v) is 1.62. The molecule has 0 saturated carbocycles. The van der Waals surface area contributed by atoms with Crippen LogP contribution in [0.15, 0.2) is 18.2 Å². The van der Waals surface area contributed by atoms with E-state index < -0.39 is 0 Å². The lowest BCUT2D eigenvalue weighted by Gasteiger charge is -2.07. The molecular weight excluding hydrogens is 162 g/mol. The minimum absolute atomic E-state index is 0.0636. The molecule has 1 aliphatic heterocycles. The Labute approximate surface area is 78.7 Å². The first kappa shape index (κ1) is 8.57. The molecule has 0 amide bonds. The summed E-state index contributed by atoms with van der Waals surface area (Å²) < 4.78 is 5.42. The van der Waals surface area contributed by atoms with E-state index in [9.17, 15) is 0 Å². The van der Waals surface area contributed by atoms with Crippen molar-refractivity contribution in [2.24, 2.45) is 5.73 Å². The van der Waals surface area contributed by atoms with E-state index >= 15 is 0 Å². The molecule has 0 aromatic heterocycles. The number of benzene rings is 1. The van der Waals surface area contributed by atoms with Crippen LogP contribution in [0.1, 0.15) is 36.9 Å². The Morgan fingerprint density at radius 1 is 1.46 bits per heavy atom. The summed E-state index contributed by atoms with van der Waals surface area (Å²) in [5, 5.41) is 0. The van der Waals surface area contributed by atoms with Gasteiger partial charge in [0.15, 0.2) is 0 Å². The van der Waals surface area contributed by atoms with Crippen molar-refractivity contribution in [2.75, 3.05) is 6.61 Å². The number of fused-ring (bicyclic) bond motifs is 1. The average molecular weight is 177 g/mol. The monoisotopic (exact) mass is 177 g/mol. The van der Waals surface area contributed by atoms with Gasteiger partial charge in [0.05, 0.1) is 6.04 Å². The highest BCUT2D eigenvalue weighted by Gasteiger charge is 2.20. The van der Waals surface area contributed by atoms with Crippen LogP contribution in [0, 0.1) is 0 Å². The van der Waals surface area contributed by atoms with Crippen molar-refractivity contribution in [3.05, 3.63) is 29.3 Å². The Kier molecular flexibility index (Phi) is 2.00. The van der Waals surface area contributed by atoms with E-state index in [1.165, 1.54) is 5.56 Å². The second-order valence-corrected chi connectivity index (χ2v) is 3.87. The van der Waals surface area contributed by atoms with Gasteiger partial charge in [-0.1, -0.05) is 26.0 Å². The van der Waals surface area contributed by atoms with E-state index in [0.29, 0.717) is 12.5 Å². The van der Waals surface area contributed by atoms with E-state index in [0.717, 1.165) is 11.3 Å². The second kappa shape index (κ2) is 3.04. The normalized spacial score (nSPS) is 20.2. The molecule has 13 heavy (non-hydrogen) atoms. The van der Waals surface area contributed by atoms with E-state index in [2.05, 4.69) is 26.0 Å². The van der Waals surface area contributed by atoms with Crippen LogP contribution in [0.2, 0.25) is 0 Å². The van der Waals surface area contributed by atoms with Gasteiger partial charge < -0.3 is 10.5 Å². The maximum Gasteiger partial charge on any atom is 0.124 e. The quantitative estimate of drug-likeness (QED) is 0.713. The largest absolute Gasteiger partial charge is 0.491 e. The Balaban J connectivity index is 2.42. The van der Waals surface area contributed by atoms with Crippen LogP contribution in [0.4, 0.5) is 0 Å². The molecule has 0 unspecified atom stereocenters. The highest BCUT2D eigenvalue weighted by Crippen LogP contribution is 2.33. The van der Waals surface area contributed by atoms with Gasteiger partial charge in [0.1, 0.15) is 12.4 Å². The third kappa shape index (κ3) is 1.42. The molecule has 0 saturated heterocycles. The van der Waals surface area contributed by atoms with Gasteiger partial charge in [0, 0.05) is 5.56 Å². The first-order valence-corrected chi connectivity index (χ1v) is 4.70. The second-order valence-electron chi connectivity index (χ2n) is 3.87.